The maximum atomic E-state index is 12.5. The topological polar surface area (TPSA) is 25.2 Å². The average molecular weight is 355 g/mol. The highest BCUT2D eigenvalue weighted by atomic mass is 32.2. The lowest BCUT2D eigenvalue weighted by Gasteiger charge is -2.10. The zero-order valence-corrected chi connectivity index (χ0v) is 15.3. The van der Waals surface area contributed by atoms with Crippen LogP contribution in [-0.4, -0.2) is 26.2 Å². The molecule has 1 saturated heterocycles. The molecule has 1 aliphatic rings. The minimum absolute atomic E-state index is 0.0452. The Bertz CT molecular complexity index is 850. The molecule has 0 N–H and O–H groups in total. The molecule has 0 unspecified atom stereocenters. The van der Waals surface area contributed by atoms with Crippen LogP contribution < -0.4 is 0 Å². The summed E-state index contributed by atoms with van der Waals surface area (Å²) < 4.78 is 2.73. The molecular formula is C19H18N2OS2. The van der Waals surface area contributed by atoms with Crippen LogP contribution in [0.2, 0.25) is 0 Å². The predicted molar refractivity (Wildman–Crippen MR) is 105 cm³/mol. The number of thioether (sulfide) groups is 1. The van der Waals surface area contributed by atoms with Crippen LogP contribution in [-0.2, 0) is 4.79 Å². The average Bonchev–Trinajstić information content (AvgIpc) is 3.01. The molecule has 0 saturated carbocycles. The summed E-state index contributed by atoms with van der Waals surface area (Å²) in [5.41, 5.74) is 4.41. The largest absolute Gasteiger partial charge is 0.320 e. The van der Waals surface area contributed by atoms with Crippen molar-refractivity contribution in [3.05, 3.63) is 70.9 Å². The molecule has 5 heteroatoms. The monoisotopic (exact) mass is 354 g/mol. The van der Waals surface area contributed by atoms with Gasteiger partial charge >= 0.3 is 0 Å². The van der Waals surface area contributed by atoms with E-state index < -0.39 is 0 Å². The fraction of sp³-hybridized carbons (Fsp3) is 0.158. The van der Waals surface area contributed by atoms with E-state index in [1.807, 2.05) is 24.3 Å². The summed E-state index contributed by atoms with van der Waals surface area (Å²) in [5.74, 6) is -0.0452. The molecule has 1 amide bonds. The minimum atomic E-state index is -0.0452. The van der Waals surface area contributed by atoms with Gasteiger partial charge in [-0.25, -0.2) is 0 Å². The number of aromatic nitrogens is 1. The Kier molecular flexibility index (Phi) is 4.73. The Morgan fingerprint density at radius 2 is 1.96 bits per heavy atom. The van der Waals surface area contributed by atoms with Gasteiger partial charge in [0.1, 0.15) is 4.32 Å². The lowest BCUT2D eigenvalue weighted by molar-refractivity contribution is -0.121. The number of para-hydroxylation sites is 1. The van der Waals surface area contributed by atoms with E-state index in [0.29, 0.717) is 15.8 Å². The first-order valence-electron chi connectivity index (χ1n) is 7.63. The number of aryl methyl sites for hydroxylation is 1. The SMILES string of the molecule is C=CCN1C(=O)/C(=C\c2c(C)cn(-c3ccccc3)c2C)SC1=S. The first-order valence-corrected chi connectivity index (χ1v) is 8.85. The van der Waals surface area contributed by atoms with Gasteiger partial charge in [0.15, 0.2) is 0 Å². The van der Waals surface area contributed by atoms with Crippen molar-refractivity contribution in [2.24, 2.45) is 0 Å². The summed E-state index contributed by atoms with van der Waals surface area (Å²) >= 11 is 6.65. The summed E-state index contributed by atoms with van der Waals surface area (Å²) in [6.45, 7) is 8.26. The van der Waals surface area contributed by atoms with Crippen LogP contribution in [0.5, 0.6) is 0 Å². The van der Waals surface area contributed by atoms with E-state index in [1.54, 1.807) is 11.0 Å². The van der Waals surface area contributed by atoms with Crippen LogP contribution in [0.1, 0.15) is 16.8 Å². The number of thiocarbonyl (C=S) groups is 1. The Balaban J connectivity index is 2.00. The van der Waals surface area contributed by atoms with Gasteiger partial charge in [-0.3, -0.25) is 9.69 Å². The smallest absolute Gasteiger partial charge is 0.266 e. The molecule has 2 heterocycles. The van der Waals surface area contributed by atoms with Gasteiger partial charge in [0.05, 0.1) is 4.91 Å². The van der Waals surface area contributed by atoms with E-state index in [-0.39, 0.29) is 5.91 Å². The van der Waals surface area contributed by atoms with Crippen LogP contribution in [0.3, 0.4) is 0 Å². The van der Waals surface area contributed by atoms with E-state index in [9.17, 15) is 4.79 Å². The first-order chi connectivity index (χ1) is 11.5. The second-order valence-corrected chi connectivity index (χ2v) is 7.27. The van der Waals surface area contributed by atoms with E-state index in [4.69, 9.17) is 12.2 Å². The third-order valence-corrected chi connectivity index (χ3v) is 5.37. The Hall–Kier alpha value is -2.11. The zero-order chi connectivity index (χ0) is 17.3. The Morgan fingerprint density at radius 3 is 2.62 bits per heavy atom. The van der Waals surface area contributed by atoms with Crippen molar-refractivity contribution in [1.82, 2.24) is 9.47 Å². The van der Waals surface area contributed by atoms with Gasteiger partial charge in [-0.05, 0) is 43.2 Å². The highest BCUT2D eigenvalue weighted by Crippen LogP contribution is 2.34. The number of hydrogen-bond acceptors (Lipinski definition) is 3. The molecule has 3 nitrogen and oxygen atoms in total. The van der Waals surface area contributed by atoms with Gasteiger partial charge in [-0.1, -0.05) is 48.3 Å². The maximum Gasteiger partial charge on any atom is 0.266 e. The van der Waals surface area contributed by atoms with Crippen molar-refractivity contribution in [1.29, 1.82) is 0 Å². The van der Waals surface area contributed by atoms with E-state index in [0.717, 1.165) is 22.5 Å². The van der Waals surface area contributed by atoms with Gasteiger partial charge in [0.2, 0.25) is 0 Å². The van der Waals surface area contributed by atoms with Crippen LogP contribution in [0, 0.1) is 13.8 Å². The van der Waals surface area contributed by atoms with Crippen molar-refractivity contribution in [3.63, 3.8) is 0 Å². The zero-order valence-electron chi connectivity index (χ0n) is 13.7. The standard InChI is InChI=1S/C19H18N2OS2/c1-4-10-20-18(22)17(24-19(20)23)11-16-13(2)12-21(14(16)3)15-8-6-5-7-9-15/h4-9,11-12H,1,10H2,2-3H3/b17-11+. The van der Waals surface area contributed by atoms with Crippen LogP contribution in [0.15, 0.2) is 54.1 Å². The maximum absolute atomic E-state index is 12.5. The van der Waals surface area contributed by atoms with Gasteiger partial charge in [-0.2, -0.15) is 0 Å². The lowest BCUT2D eigenvalue weighted by atomic mass is 10.1. The minimum Gasteiger partial charge on any atom is -0.320 e. The molecule has 24 heavy (non-hydrogen) atoms. The van der Waals surface area contributed by atoms with Crippen LogP contribution in [0.4, 0.5) is 0 Å². The van der Waals surface area contributed by atoms with E-state index >= 15 is 0 Å². The number of carbonyl (C=O) groups excluding carboxylic acids is 1. The quantitative estimate of drug-likeness (QED) is 0.460. The van der Waals surface area contributed by atoms with Crippen molar-refractivity contribution < 1.29 is 4.79 Å². The molecule has 122 valence electrons. The molecule has 1 aromatic carbocycles. The normalized spacial score (nSPS) is 16.2. The molecule has 1 fully saturated rings. The van der Waals surface area contributed by atoms with Gasteiger partial charge in [-0.15, -0.1) is 6.58 Å². The van der Waals surface area contributed by atoms with Gasteiger partial charge < -0.3 is 4.57 Å². The number of carbonyl (C=O) groups is 1. The van der Waals surface area contributed by atoms with Crippen molar-refractivity contribution in [3.8, 4) is 5.69 Å². The summed E-state index contributed by atoms with van der Waals surface area (Å²) in [4.78, 5) is 14.8. The van der Waals surface area contributed by atoms with E-state index in [1.165, 1.54) is 11.8 Å². The van der Waals surface area contributed by atoms with Crippen molar-refractivity contribution in [2.75, 3.05) is 6.54 Å². The Morgan fingerprint density at radius 1 is 1.25 bits per heavy atom. The second-order valence-electron chi connectivity index (χ2n) is 5.60. The molecule has 1 aromatic heterocycles. The molecule has 0 bridgehead atoms. The second kappa shape index (κ2) is 6.79. The molecule has 0 radical (unpaired) electrons. The summed E-state index contributed by atoms with van der Waals surface area (Å²) in [6.07, 6.45) is 5.74. The number of amides is 1. The predicted octanol–water partition coefficient (Wildman–Crippen LogP) is 4.48. The molecule has 0 aliphatic carbocycles. The van der Waals surface area contributed by atoms with Gasteiger partial charge in [0, 0.05) is 24.1 Å². The fourth-order valence-electron chi connectivity index (χ4n) is 2.77. The highest BCUT2D eigenvalue weighted by molar-refractivity contribution is 8.26. The third-order valence-electron chi connectivity index (χ3n) is 3.99. The summed E-state index contributed by atoms with van der Waals surface area (Å²) in [5, 5.41) is 0. The highest BCUT2D eigenvalue weighted by Gasteiger charge is 2.31. The molecule has 3 rings (SSSR count). The lowest BCUT2D eigenvalue weighted by Crippen LogP contribution is -2.27. The fourth-order valence-corrected chi connectivity index (χ4v) is 4.02. The van der Waals surface area contributed by atoms with Crippen molar-refractivity contribution >= 4 is 40.3 Å². The summed E-state index contributed by atoms with van der Waals surface area (Å²) in [6, 6.07) is 10.2. The van der Waals surface area contributed by atoms with Crippen LogP contribution in [0.25, 0.3) is 11.8 Å². The first kappa shape index (κ1) is 16.7. The van der Waals surface area contributed by atoms with Crippen molar-refractivity contribution in [2.45, 2.75) is 13.8 Å². The third kappa shape index (κ3) is 2.97. The molecule has 0 spiro atoms. The molecule has 1 aliphatic heterocycles. The summed E-state index contributed by atoms with van der Waals surface area (Å²) in [7, 11) is 0. The number of rotatable bonds is 4. The number of benzene rings is 1. The number of nitrogens with zero attached hydrogens (tertiary/aromatic N) is 2. The molecular weight excluding hydrogens is 336 g/mol. The number of hydrogen-bond donors (Lipinski definition) is 0. The van der Waals surface area contributed by atoms with Crippen LogP contribution >= 0.6 is 24.0 Å². The van der Waals surface area contributed by atoms with E-state index in [2.05, 4.69) is 43.3 Å². The molecule has 2 aromatic rings. The molecule has 0 atom stereocenters. The Labute approximate surface area is 151 Å². The van der Waals surface area contributed by atoms with Gasteiger partial charge in [0.25, 0.3) is 5.91 Å².